The molecular formula is C30H16N4O+2. The molecule has 0 bridgehead atoms. The molecule has 3 aliphatic heterocycles. The zero-order valence-electron chi connectivity index (χ0n) is 18.4. The molecule has 7 heterocycles. The van der Waals surface area contributed by atoms with Crippen LogP contribution in [0.25, 0.3) is 49.7 Å². The van der Waals surface area contributed by atoms with E-state index in [0.717, 1.165) is 27.9 Å². The summed E-state index contributed by atoms with van der Waals surface area (Å²) < 4.78 is 14.1. The fourth-order valence-electron chi connectivity index (χ4n) is 7.14. The third kappa shape index (κ3) is 1.52. The minimum Gasteiger partial charge on any atom is -0.456 e. The van der Waals surface area contributed by atoms with E-state index in [9.17, 15) is 0 Å². The number of hydrogen-bond donors (Lipinski definition) is 0. The van der Waals surface area contributed by atoms with Crippen molar-refractivity contribution in [2.45, 2.75) is 5.66 Å². The maximum atomic E-state index is 6.65. The average Bonchev–Trinajstić information content (AvgIpc) is 3.53. The van der Waals surface area contributed by atoms with Gasteiger partial charge in [0.1, 0.15) is 28.1 Å². The predicted octanol–water partition coefficient (Wildman–Crippen LogP) is 5.07. The summed E-state index contributed by atoms with van der Waals surface area (Å²) in [5.74, 6) is 1.83. The first-order valence-electron chi connectivity index (χ1n) is 11.9. The van der Waals surface area contributed by atoms with Gasteiger partial charge in [-0.3, -0.25) is 4.98 Å². The molecule has 1 spiro atoms. The molecule has 4 aromatic heterocycles. The Morgan fingerprint density at radius 1 is 0.771 bits per heavy atom. The van der Waals surface area contributed by atoms with Crippen LogP contribution in [0.2, 0.25) is 0 Å². The standard InChI is InChI=1S/C30H16N4O/c1-2-10-21-20(9-1)33-22-11-6-15-31-28(22)18-13-14-24-27-25(18)29(33)34(21)30(27)26-17(7-5-12-23(26)35-24)19-8-3-4-16-32(19)30/h1-16H/q+2. The average molecular weight is 448 g/mol. The van der Waals surface area contributed by atoms with Crippen molar-refractivity contribution in [3.63, 3.8) is 0 Å². The van der Waals surface area contributed by atoms with E-state index < -0.39 is 5.66 Å². The van der Waals surface area contributed by atoms with E-state index in [1.807, 2.05) is 12.3 Å². The van der Waals surface area contributed by atoms with Crippen LogP contribution in [0.4, 0.5) is 0 Å². The van der Waals surface area contributed by atoms with E-state index in [1.54, 1.807) is 0 Å². The SMILES string of the molecule is c1cc2c3c(c1)-c1cccc[n+]1C31c3c(ccc4c5ncccc5n5c6ccccc6[n+]1c5c34)O2. The molecule has 5 nitrogen and oxygen atoms in total. The Hall–Kier alpha value is -4.77. The van der Waals surface area contributed by atoms with Crippen molar-refractivity contribution >= 4 is 38.5 Å². The molecule has 0 radical (unpaired) electrons. The van der Waals surface area contributed by atoms with Gasteiger partial charge in [-0.1, -0.05) is 18.2 Å². The summed E-state index contributed by atoms with van der Waals surface area (Å²) in [5, 5.41) is 2.38. The molecule has 0 aliphatic carbocycles. The maximum Gasteiger partial charge on any atom is 0.372 e. The highest BCUT2D eigenvalue weighted by molar-refractivity contribution is 6.14. The molecule has 3 aliphatic rings. The number of benzene rings is 3. The molecule has 5 heteroatoms. The molecule has 10 rings (SSSR count). The highest BCUT2D eigenvalue weighted by Crippen LogP contribution is 2.57. The molecular weight excluding hydrogens is 432 g/mol. The topological polar surface area (TPSA) is 34.3 Å². The Labute approximate surface area is 198 Å². The summed E-state index contributed by atoms with van der Waals surface area (Å²) in [6, 6.07) is 30.2. The summed E-state index contributed by atoms with van der Waals surface area (Å²) in [4.78, 5) is 4.88. The Kier molecular flexibility index (Phi) is 2.47. The number of aromatic nitrogens is 4. The van der Waals surface area contributed by atoms with Crippen LogP contribution in [0.3, 0.4) is 0 Å². The number of ether oxygens (including phenoxy) is 1. The van der Waals surface area contributed by atoms with Crippen LogP contribution in [0.15, 0.2) is 97.3 Å². The number of pyridine rings is 3. The lowest BCUT2D eigenvalue weighted by Crippen LogP contribution is -2.71. The van der Waals surface area contributed by atoms with Crippen LogP contribution >= 0.6 is 0 Å². The number of rotatable bonds is 0. The van der Waals surface area contributed by atoms with E-state index in [0.29, 0.717) is 0 Å². The molecule has 35 heavy (non-hydrogen) atoms. The molecule has 0 saturated carbocycles. The van der Waals surface area contributed by atoms with Gasteiger partial charge < -0.3 is 4.74 Å². The van der Waals surface area contributed by atoms with Crippen molar-refractivity contribution < 1.29 is 13.9 Å². The van der Waals surface area contributed by atoms with E-state index >= 15 is 0 Å². The van der Waals surface area contributed by atoms with Gasteiger partial charge in [-0.25, -0.2) is 0 Å². The third-order valence-corrected chi connectivity index (χ3v) is 8.21. The van der Waals surface area contributed by atoms with Crippen LogP contribution in [-0.2, 0) is 5.66 Å². The predicted molar refractivity (Wildman–Crippen MR) is 132 cm³/mol. The third-order valence-electron chi connectivity index (χ3n) is 8.21. The summed E-state index contributed by atoms with van der Waals surface area (Å²) >= 11 is 0. The Bertz CT molecular complexity index is 2160. The lowest BCUT2D eigenvalue weighted by atomic mass is 9.86. The maximum absolute atomic E-state index is 6.65. The fraction of sp³-hybridized carbons (Fsp3) is 0.0333. The minimum atomic E-state index is -0.566. The van der Waals surface area contributed by atoms with Crippen molar-refractivity contribution in [1.82, 2.24) is 9.38 Å². The van der Waals surface area contributed by atoms with E-state index in [4.69, 9.17) is 9.72 Å². The number of nitrogens with zero attached hydrogens (tertiary/aromatic N) is 4. The summed E-state index contributed by atoms with van der Waals surface area (Å²) in [5.41, 5.74) is 9.96. The van der Waals surface area contributed by atoms with E-state index in [-0.39, 0.29) is 0 Å². The van der Waals surface area contributed by atoms with Crippen LogP contribution in [0.5, 0.6) is 11.5 Å². The van der Waals surface area contributed by atoms with Gasteiger partial charge in [0, 0.05) is 23.7 Å². The largest absolute Gasteiger partial charge is 0.456 e. The number of para-hydroxylation sites is 2. The van der Waals surface area contributed by atoms with Gasteiger partial charge in [-0.05, 0) is 54.6 Å². The Balaban J connectivity index is 1.63. The van der Waals surface area contributed by atoms with Crippen LogP contribution in [-0.4, -0.2) is 9.38 Å². The Morgan fingerprint density at radius 2 is 1.66 bits per heavy atom. The first kappa shape index (κ1) is 16.8. The lowest BCUT2D eigenvalue weighted by Gasteiger charge is -2.28. The lowest BCUT2D eigenvalue weighted by molar-refractivity contribution is -0.940. The molecule has 1 unspecified atom stereocenters. The second kappa shape index (κ2) is 5.15. The second-order valence-electron chi connectivity index (χ2n) is 9.62. The van der Waals surface area contributed by atoms with Gasteiger partial charge in [-0.2, -0.15) is 4.40 Å². The van der Waals surface area contributed by atoms with Gasteiger partial charge in [0.2, 0.25) is 5.69 Å². The van der Waals surface area contributed by atoms with Crippen molar-refractivity contribution in [2.24, 2.45) is 0 Å². The summed E-state index contributed by atoms with van der Waals surface area (Å²) in [6.07, 6.45) is 4.12. The molecule has 0 fully saturated rings. The molecule has 7 aromatic rings. The first-order valence-corrected chi connectivity index (χ1v) is 11.9. The molecule has 160 valence electrons. The minimum absolute atomic E-state index is 0.566. The molecule has 3 aromatic carbocycles. The normalized spacial score (nSPS) is 18.1. The molecule has 0 amide bonds. The fourth-order valence-corrected chi connectivity index (χ4v) is 7.14. The number of imidazole rings is 1. The van der Waals surface area contributed by atoms with Crippen molar-refractivity contribution in [2.75, 3.05) is 0 Å². The number of fused-ring (bicyclic) bond motifs is 8. The highest BCUT2D eigenvalue weighted by atomic mass is 16.5. The zero-order chi connectivity index (χ0) is 22.5. The Morgan fingerprint density at radius 3 is 2.66 bits per heavy atom. The van der Waals surface area contributed by atoms with Crippen LogP contribution < -0.4 is 13.9 Å². The zero-order valence-corrected chi connectivity index (χ0v) is 18.4. The summed E-state index contributed by atoms with van der Waals surface area (Å²) in [7, 11) is 0. The van der Waals surface area contributed by atoms with Gasteiger partial charge in [0.05, 0.1) is 10.9 Å². The van der Waals surface area contributed by atoms with Gasteiger partial charge >= 0.3 is 11.3 Å². The van der Waals surface area contributed by atoms with E-state index in [2.05, 4.69) is 98.6 Å². The molecule has 1 atom stereocenters. The first-order chi connectivity index (χ1) is 17.4. The van der Waals surface area contributed by atoms with Crippen LogP contribution in [0.1, 0.15) is 11.1 Å². The molecule has 0 N–H and O–H groups in total. The van der Waals surface area contributed by atoms with Gasteiger partial charge in [-0.15, -0.1) is 9.13 Å². The monoisotopic (exact) mass is 448 g/mol. The highest BCUT2D eigenvalue weighted by Gasteiger charge is 2.68. The quantitative estimate of drug-likeness (QED) is 0.240. The van der Waals surface area contributed by atoms with E-state index in [1.165, 1.54) is 44.5 Å². The van der Waals surface area contributed by atoms with Crippen molar-refractivity contribution in [3.8, 4) is 22.8 Å². The molecule has 0 saturated heterocycles. The van der Waals surface area contributed by atoms with Gasteiger partial charge in [0.25, 0.3) is 0 Å². The smallest absolute Gasteiger partial charge is 0.372 e. The summed E-state index contributed by atoms with van der Waals surface area (Å²) in [6.45, 7) is 0. The van der Waals surface area contributed by atoms with Crippen molar-refractivity contribution in [3.05, 3.63) is 108 Å². The number of hydrogen-bond acceptors (Lipinski definition) is 2. The van der Waals surface area contributed by atoms with Crippen LogP contribution in [0, 0.1) is 0 Å². The van der Waals surface area contributed by atoms with Crippen molar-refractivity contribution in [1.29, 1.82) is 0 Å². The van der Waals surface area contributed by atoms with Gasteiger partial charge in [0.15, 0.2) is 22.7 Å². The second-order valence-corrected chi connectivity index (χ2v) is 9.62.